The summed E-state index contributed by atoms with van der Waals surface area (Å²) in [6.07, 6.45) is 4.58. The first-order valence-corrected chi connectivity index (χ1v) is 12.6. The molecule has 0 aromatic carbocycles. The van der Waals surface area contributed by atoms with Crippen molar-refractivity contribution in [3.63, 3.8) is 0 Å². The second-order valence-corrected chi connectivity index (χ2v) is 9.63. The van der Waals surface area contributed by atoms with Crippen LogP contribution in [0.2, 0.25) is 0 Å². The predicted molar refractivity (Wildman–Crippen MR) is 134 cm³/mol. The molecule has 0 bridgehead atoms. The molecule has 0 radical (unpaired) electrons. The molecule has 11 heteroatoms. The lowest BCUT2D eigenvalue weighted by Gasteiger charge is -2.24. The van der Waals surface area contributed by atoms with Crippen molar-refractivity contribution in [3.05, 3.63) is 47.5 Å². The van der Waals surface area contributed by atoms with Gasteiger partial charge in [-0.1, -0.05) is 26.7 Å². The number of thiophene rings is 1. The van der Waals surface area contributed by atoms with Crippen LogP contribution in [0.3, 0.4) is 0 Å². The van der Waals surface area contributed by atoms with Gasteiger partial charge in [0, 0.05) is 26.1 Å². The number of unbranched alkanes of at least 4 members (excludes halogenated alkanes) is 2. The third-order valence-electron chi connectivity index (χ3n) is 6.31. The van der Waals surface area contributed by atoms with Crippen LogP contribution < -0.4 is 27.4 Å². The fourth-order valence-electron chi connectivity index (χ4n) is 4.41. The number of fused-ring (bicyclic) bond motifs is 2. The molecule has 34 heavy (non-hydrogen) atoms. The van der Waals surface area contributed by atoms with Gasteiger partial charge in [-0.05, 0) is 31.7 Å². The van der Waals surface area contributed by atoms with Gasteiger partial charge in [-0.25, -0.2) is 9.78 Å². The number of hydrogen-bond acceptors (Lipinski definition) is 7. The molecule has 0 spiro atoms. The number of rotatable bonds is 8. The summed E-state index contributed by atoms with van der Waals surface area (Å²) >= 11 is 1.16. The summed E-state index contributed by atoms with van der Waals surface area (Å²) in [5, 5.41) is 0.448. The van der Waals surface area contributed by atoms with E-state index in [9.17, 15) is 19.2 Å². The Balaban J connectivity index is 1.86. The topological polar surface area (TPSA) is 136 Å². The van der Waals surface area contributed by atoms with Crippen molar-refractivity contribution < 1.29 is 4.79 Å². The lowest BCUT2D eigenvalue weighted by Crippen LogP contribution is -2.41. The Morgan fingerprint density at radius 2 is 1.94 bits per heavy atom. The highest BCUT2D eigenvalue weighted by Crippen LogP contribution is 2.31. The Kier molecular flexibility index (Phi) is 6.74. The van der Waals surface area contributed by atoms with Gasteiger partial charge < -0.3 is 5.73 Å². The van der Waals surface area contributed by atoms with Gasteiger partial charge in [0.1, 0.15) is 16.5 Å². The van der Waals surface area contributed by atoms with Gasteiger partial charge in [-0.2, -0.15) is 0 Å². The van der Waals surface area contributed by atoms with Crippen molar-refractivity contribution in [2.24, 2.45) is 0 Å². The molecule has 3 aromatic heterocycles. The van der Waals surface area contributed by atoms with Crippen molar-refractivity contribution >= 4 is 39.0 Å². The smallest absolute Gasteiger partial charge is 0.330 e. The number of nitrogens with one attached hydrogen (secondary N) is 1. The molecule has 4 heterocycles. The average molecular weight is 487 g/mol. The standard InChI is InChI=1S/C23H30N6O4S/c1-4-6-10-28(16-18(24)29(11-7-5-2)23(33)26-19(16)30)22(32)17-13(3)15-20(34-17)25-14-9-8-12-27(14)21(15)31/h4-12,24H2,1-3H3,(H,26,30,33). The van der Waals surface area contributed by atoms with E-state index in [2.05, 4.69) is 9.97 Å². The summed E-state index contributed by atoms with van der Waals surface area (Å²) in [5.41, 5.74) is 5.41. The quantitative estimate of drug-likeness (QED) is 0.502. The number of nitrogens with zero attached hydrogens (tertiary/aromatic N) is 4. The molecule has 182 valence electrons. The van der Waals surface area contributed by atoms with E-state index in [1.54, 1.807) is 11.5 Å². The molecule has 0 aliphatic carbocycles. The summed E-state index contributed by atoms with van der Waals surface area (Å²) in [6, 6.07) is 0. The fraction of sp³-hybridized carbons (Fsp3) is 0.522. The Hall–Kier alpha value is -3.21. The largest absolute Gasteiger partial charge is 0.383 e. The monoisotopic (exact) mass is 486 g/mol. The van der Waals surface area contributed by atoms with Gasteiger partial charge in [0.25, 0.3) is 17.0 Å². The van der Waals surface area contributed by atoms with Gasteiger partial charge in [-0.15, -0.1) is 11.3 Å². The van der Waals surface area contributed by atoms with Crippen molar-refractivity contribution in [1.29, 1.82) is 0 Å². The highest BCUT2D eigenvalue weighted by molar-refractivity contribution is 7.20. The minimum Gasteiger partial charge on any atom is -0.383 e. The third-order valence-corrected chi connectivity index (χ3v) is 7.48. The van der Waals surface area contributed by atoms with Gasteiger partial charge in [-0.3, -0.25) is 33.4 Å². The van der Waals surface area contributed by atoms with Crippen molar-refractivity contribution in [1.82, 2.24) is 19.1 Å². The van der Waals surface area contributed by atoms with Gasteiger partial charge in [0.2, 0.25) is 0 Å². The number of amides is 1. The number of aromatic nitrogens is 4. The van der Waals surface area contributed by atoms with E-state index in [4.69, 9.17) is 5.73 Å². The number of aryl methyl sites for hydroxylation is 2. The van der Waals surface area contributed by atoms with E-state index < -0.39 is 17.2 Å². The summed E-state index contributed by atoms with van der Waals surface area (Å²) < 4.78 is 2.99. The van der Waals surface area contributed by atoms with Crippen LogP contribution in [0.4, 0.5) is 11.5 Å². The molecule has 1 amide bonds. The predicted octanol–water partition coefficient (Wildman–Crippen LogP) is 2.39. The van der Waals surface area contributed by atoms with E-state index in [-0.39, 0.29) is 23.6 Å². The number of H-pyrrole nitrogens is 1. The van der Waals surface area contributed by atoms with E-state index in [0.29, 0.717) is 46.6 Å². The molecular weight excluding hydrogens is 456 g/mol. The number of anilines is 2. The summed E-state index contributed by atoms with van der Waals surface area (Å²) in [5.74, 6) is 0.295. The molecule has 0 saturated carbocycles. The van der Waals surface area contributed by atoms with Crippen LogP contribution >= 0.6 is 11.3 Å². The number of carbonyl (C=O) groups excluding carboxylic acids is 1. The molecule has 0 atom stereocenters. The van der Waals surface area contributed by atoms with Gasteiger partial charge in [0.05, 0.1) is 10.3 Å². The first kappa shape index (κ1) is 23.9. The zero-order valence-corrected chi connectivity index (χ0v) is 20.6. The normalized spacial score (nSPS) is 12.9. The number of aromatic amines is 1. The third kappa shape index (κ3) is 3.97. The van der Waals surface area contributed by atoms with Crippen molar-refractivity contribution in [2.75, 3.05) is 17.2 Å². The van der Waals surface area contributed by atoms with Crippen LogP contribution in [0.1, 0.15) is 67.0 Å². The first-order valence-electron chi connectivity index (χ1n) is 11.8. The van der Waals surface area contributed by atoms with Gasteiger partial charge in [0.15, 0.2) is 5.69 Å². The zero-order chi connectivity index (χ0) is 24.6. The summed E-state index contributed by atoms with van der Waals surface area (Å²) in [7, 11) is 0. The molecule has 0 unspecified atom stereocenters. The first-order chi connectivity index (χ1) is 16.3. The molecular formula is C23H30N6O4S. The number of nitrogens with two attached hydrogens (primary N) is 1. The SMILES string of the molecule is CCCCN(C(=O)c1sc2nc3n(c(=O)c2c1C)CCC3)c1c(N)n(CCCC)c(=O)[nH]c1=O. The van der Waals surface area contributed by atoms with Crippen LogP contribution in [0.25, 0.3) is 10.2 Å². The minimum atomic E-state index is -0.698. The fourth-order valence-corrected chi connectivity index (χ4v) is 5.55. The van der Waals surface area contributed by atoms with Gasteiger partial charge >= 0.3 is 5.69 Å². The molecule has 1 aliphatic rings. The zero-order valence-electron chi connectivity index (χ0n) is 19.8. The highest BCUT2D eigenvalue weighted by Gasteiger charge is 2.29. The van der Waals surface area contributed by atoms with Crippen LogP contribution in [0, 0.1) is 6.92 Å². The Bertz CT molecular complexity index is 1430. The van der Waals surface area contributed by atoms with Crippen LogP contribution in [0.5, 0.6) is 0 Å². The highest BCUT2D eigenvalue weighted by atomic mass is 32.1. The Labute approximate surface area is 200 Å². The number of carbonyl (C=O) groups is 1. The van der Waals surface area contributed by atoms with Crippen molar-refractivity contribution in [2.45, 2.75) is 72.4 Å². The average Bonchev–Trinajstić information content (AvgIpc) is 3.40. The van der Waals surface area contributed by atoms with Crippen LogP contribution in [-0.2, 0) is 19.5 Å². The van der Waals surface area contributed by atoms with E-state index in [0.717, 1.165) is 42.8 Å². The number of nitrogen functional groups attached to an aromatic ring is 1. The molecule has 1 aliphatic heterocycles. The minimum absolute atomic E-state index is 0.0254. The van der Waals surface area contributed by atoms with Crippen LogP contribution in [-0.4, -0.2) is 31.6 Å². The maximum absolute atomic E-state index is 13.8. The summed E-state index contributed by atoms with van der Waals surface area (Å²) in [4.78, 5) is 61.3. The molecule has 4 rings (SSSR count). The van der Waals surface area contributed by atoms with Crippen LogP contribution in [0.15, 0.2) is 14.4 Å². The molecule has 3 N–H and O–H groups in total. The summed E-state index contributed by atoms with van der Waals surface area (Å²) in [6.45, 7) is 6.94. The molecule has 10 nitrogen and oxygen atoms in total. The second kappa shape index (κ2) is 9.57. The lowest BCUT2D eigenvalue weighted by molar-refractivity contribution is 0.0989. The second-order valence-electron chi connectivity index (χ2n) is 8.63. The number of hydrogen-bond donors (Lipinski definition) is 2. The lowest BCUT2D eigenvalue weighted by atomic mass is 10.2. The Morgan fingerprint density at radius 1 is 1.21 bits per heavy atom. The van der Waals surface area contributed by atoms with E-state index in [1.165, 1.54) is 9.47 Å². The molecule has 0 fully saturated rings. The Morgan fingerprint density at radius 3 is 2.65 bits per heavy atom. The van der Waals surface area contributed by atoms with Crippen molar-refractivity contribution in [3.8, 4) is 0 Å². The molecule has 0 saturated heterocycles. The maximum atomic E-state index is 13.8. The maximum Gasteiger partial charge on any atom is 0.330 e. The van der Waals surface area contributed by atoms with E-state index >= 15 is 0 Å². The molecule has 3 aromatic rings. The van der Waals surface area contributed by atoms with E-state index in [1.807, 2.05) is 13.8 Å².